The number of nitriles is 1. The maximum atomic E-state index is 13.4. The number of esters is 1. The average molecular weight is 436 g/mol. The van der Waals surface area contributed by atoms with E-state index in [0.717, 1.165) is 36.9 Å². The molecule has 158 valence electrons. The van der Waals surface area contributed by atoms with E-state index in [-0.39, 0.29) is 16.6 Å². The van der Waals surface area contributed by atoms with Gasteiger partial charge in [0, 0.05) is 11.7 Å². The van der Waals surface area contributed by atoms with Crippen LogP contribution in [0.5, 0.6) is 0 Å². The van der Waals surface area contributed by atoms with Gasteiger partial charge < -0.3 is 14.6 Å². The first-order chi connectivity index (χ1) is 14.2. The third kappa shape index (κ3) is 4.17. The molecule has 1 N–H and O–H groups in total. The van der Waals surface area contributed by atoms with Crippen LogP contribution in [-0.4, -0.2) is 23.1 Å². The van der Waals surface area contributed by atoms with E-state index in [4.69, 9.17) is 16.3 Å². The number of nitrogens with zero attached hydrogens (tertiary/aromatic N) is 2. The van der Waals surface area contributed by atoms with Crippen LogP contribution in [0.15, 0.2) is 12.1 Å². The molecule has 1 aliphatic carbocycles. The second kappa shape index (κ2) is 8.84. The van der Waals surface area contributed by atoms with Gasteiger partial charge in [-0.2, -0.15) is 5.26 Å². The summed E-state index contributed by atoms with van der Waals surface area (Å²) < 4.78 is 33.4. The van der Waals surface area contributed by atoms with E-state index in [0.29, 0.717) is 23.5 Å². The monoisotopic (exact) mass is 435 g/mol. The van der Waals surface area contributed by atoms with Crippen molar-refractivity contribution in [1.29, 1.82) is 5.26 Å². The number of halogens is 3. The van der Waals surface area contributed by atoms with Crippen molar-refractivity contribution in [3.8, 4) is 6.07 Å². The van der Waals surface area contributed by atoms with E-state index in [9.17, 15) is 23.6 Å². The standard InChI is InChI=1S/C21H20ClF2N3O3/c1-11-12(2)27(13-5-3-4-6-13)20(15(11)9-25)26-19(28)10-30-21(29)14-7-17(23)18(24)8-16(14)22/h7-8,13H,3-6,10H2,1-2H3,(H,26,28). The van der Waals surface area contributed by atoms with Gasteiger partial charge in [-0.05, 0) is 44.4 Å². The molecule has 1 aromatic carbocycles. The predicted molar refractivity (Wildman–Crippen MR) is 106 cm³/mol. The largest absolute Gasteiger partial charge is 0.452 e. The average Bonchev–Trinajstić information content (AvgIpc) is 3.30. The lowest BCUT2D eigenvalue weighted by molar-refractivity contribution is -0.119. The number of aromatic nitrogens is 1. The van der Waals surface area contributed by atoms with E-state index >= 15 is 0 Å². The molecule has 2 aromatic rings. The number of amides is 1. The molecule has 9 heteroatoms. The van der Waals surface area contributed by atoms with Gasteiger partial charge in [-0.15, -0.1) is 0 Å². The van der Waals surface area contributed by atoms with Gasteiger partial charge in [0.15, 0.2) is 18.2 Å². The van der Waals surface area contributed by atoms with Crippen LogP contribution in [0, 0.1) is 36.8 Å². The molecule has 0 saturated heterocycles. The van der Waals surface area contributed by atoms with E-state index < -0.39 is 30.1 Å². The Balaban J connectivity index is 1.75. The number of hydrogen-bond acceptors (Lipinski definition) is 4. The van der Waals surface area contributed by atoms with Crippen LogP contribution >= 0.6 is 11.6 Å². The first-order valence-electron chi connectivity index (χ1n) is 9.47. The summed E-state index contributed by atoms with van der Waals surface area (Å²) in [4.78, 5) is 24.5. The highest BCUT2D eigenvalue weighted by atomic mass is 35.5. The van der Waals surface area contributed by atoms with E-state index in [1.807, 2.05) is 18.4 Å². The maximum absolute atomic E-state index is 13.4. The van der Waals surface area contributed by atoms with E-state index in [1.54, 1.807) is 0 Å². The quantitative estimate of drug-likeness (QED) is 0.539. The predicted octanol–water partition coefficient (Wildman–Crippen LogP) is 4.82. The van der Waals surface area contributed by atoms with Crippen LogP contribution in [-0.2, 0) is 9.53 Å². The fourth-order valence-corrected chi connectivity index (χ4v) is 3.99. The first kappa shape index (κ1) is 21.8. The summed E-state index contributed by atoms with van der Waals surface area (Å²) in [6.07, 6.45) is 4.05. The fourth-order valence-electron chi connectivity index (χ4n) is 3.76. The van der Waals surface area contributed by atoms with Crippen LogP contribution < -0.4 is 5.32 Å². The third-order valence-electron chi connectivity index (χ3n) is 5.38. The van der Waals surface area contributed by atoms with Crippen molar-refractivity contribution >= 4 is 29.3 Å². The SMILES string of the molecule is Cc1c(C#N)c(NC(=O)COC(=O)c2cc(F)c(F)cc2Cl)n(C2CCCC2)c1C. The smallest absolute Gasteiger partial charge is 0.340 e. The summed E-state index contributed by atoms with van der Waals surface area (Å²) in [7, 11) is 0. The minimum Gasteiger partial charge on any atom is -0.452 e. The number of carbonyl (C=O) groups is 2. The molecule has 1 fully saturated rings. The van der Waals surface area contributed by atoms with Crippen molar-refractivity contribution in [3.05, 3.63) is 51.2 Å². The van der Waals surface area contributed by atoms with Gasteiger partial charge in [0.25, 0.3) is 5.91 Å². The van der Waals surface area contributed by atoms with Crippen LogP contribution in [0.25, 0.3) is 0 Å². The molecule has 1 aromatic heterocycles. The molecule has 3 rings (SSSR count). The summed E-state index contributed by atoms with van der Waals surface area (Å²) in [6.45, 7) is 3.04. The van der Waals surface area contributed by atoms with Gasteiger partial charge in [-0.1, -0.05) is 24.4 Å². The second-order valence-corrected chi connectivity index (χ2v) is 7.63. The first-order valence-corrected chi connectivity index (χ1v) is 9.85. The van der Waals surface area contributed by atoms with Crippen molar-refractivity contribution < 1.29 is 23.1 Å². The van der Waals surface area contributed by atoms with Crippen LogP contribution in [0.4, 0.5) is 14.6 Å². The minimum atomic E-state index is -1.25. The summed E-state index contributed by atoms with van der Waals surface area (Å²) in [5.74, 6) is -3.79. The van der Waals surface area contributed by atoms with Gasteiger partial charge in [-0.3, -0.25) is 4.79 Å². The maximum Gasteiger partial charge on any atom is 0.340 e. The van der Waals surface area contributed by atoms with E-state index in [1.165, 1.54) is 0 Å². The Hall–Kier alpha value is -2.92. The molecular formula is C21H20ClF2N3O3. The zero-order valence-corrected chi connectivity index (χ0v) is 17.3. The molecule has 0 radical (unpaired) electrons. The molecule has 1 amide bonds. The Morgan fingerprint density at radius 2 is 1.90 bits per heavy atom. The zero-order valence-electron chi connectivity index (χ0n) is 16.5. The van der Waals surface area contributed by atoms with Gasteiger partial charge in [-0.25, -0.2) is 13.6 Å². The number of rotatable bonds is 5. The van der Waals surface area contributed by atoms with Crippen molar-refractivity contribution in [1.82, 2.24) is 4.57 Å². The lowest BCUT2D eigenvalue weighted by Crippen LogP contribution is -2.24. The fraction of sp³-hybridized carbons (Fsp3) is 0.381. The van der Waals surface area contributed by atoms with Crippen molar-refractivity contribution in [2.24, 2.45) is 0 Å². The lowest BCUT2D eigenvalue weighted by atomic mass is 10.2. The van der Waals surface area contributed by atoms with Crippen molar-refractivity contribution in [3.63, 3.8) is 0 Å². The lowest BCUT2D eigenvalue weighted by Gasteiger charge is -2.19. The third-order valence-corrected chi connectivity index (χ3v) is 5.69. The molecule has 0 unspecified atom stereocenters. The second-order valence-electron chi connectivity index (χ2n) is 7.22. The Bertz CT molecular complexity index is 1050. The van der Waals surface area contributed by atoms with Crippen LogP contribution in [0.1, 0.15) is 58.9 Å². The number of nitrogens with one attached hydrogen (secondary N) is 1. The Morgan fingerprint density at radius 3 is 2.53 bits per heavy atom. The molecule has 1 aliphatic rings. The Kier molecular flexibility index (Phi) is 6.42. The van der Waals surface area contributed by atoms with Gasteiger partial charge in [0.05, 0.1) is 16.1 Å². The van der Waals surface area contributed by atoms with Crippen LogP contribution in [0.3, 0.4) is 0 Å². The molecule has 0 atom stereocenters. The van der Waals surface area contributed by atoms with Gasteiger partial charge >= 0.3 is 5.97 Å². The highest BCUT2D eigenvalue weighted by Gasteiger charge is 2.27. The van der Waals surface area contributed by atoms with E-state index in [2.05, 4.69) is 11.4 Å². The highest BCUT2D eigenvalue weighted by molar-refractivity contribution is 6.33. The van der Waals surface area contributed by atoms with Gasteiger partial charge in [0.1, 0.15) is 11.9 Å². The number of carbonyl (C=O) groups excluding carboxylic acids is 2. The zero-order chi connectivity index (χ0) is 22.0. The minimum absolute atomic E-state index is 0.185. The molecule has 0 bridgehead atoms. The molecule has 1 heterocycles. The van der Waals surface area contributed by atoms with Crippen molar-refractivity contribution in [2.75, 3.05) is 11.9 Å². The highest BCUT2D eigenvalue weighted by Crippen LogP contribution is 2.37. The van der Waals surface area contributed by atoms with Crippen LogP contribution in [0.2, 0.25) is 5.02 Å². The topological polar surface area (TPSA) is 84.1 Å². The van der Waals surface area contributed by atoms with Crippen molar-refractivity contribution in [2.45, 2.75) is 45.6 Å². The normalized spacial score (nSPS) is 13.9. The number of hydrogen-bond donors (Lipinski definition) is 1. The molecule has 6 nitrogen and oxygen atoms in total. The van der Waals surface area contributed by atoms with Gasteiger partial charge in [0.2, 0.25) is 0 Å². The number of ether oxygens (including phenoxy) is 1. The summed E-state index contributed by atoms with van der Waals surface area (Å²) in [5, 5.41) is 11.9. The summed E-state index contributed by atoms with van der Waals surface area (Å²) in [5.41, 5.74) is 1.66. The summed E-state index contributed by atoms with van der Waals surface area (Å²) in [6, 6.07) is 3.58. The number of anilines is 1. The Morgan fingerprint density at radius 1 is 1.27 bits per heavy atom. The molecule has 1 saturated carbocycles. The molecule has 30 heavy (non-hydrogen) atoms. The summed E-state index contributed by atoms with van der Waals surface area (Å²) >= 11 is 5.75. The molecule has 0 spiro atoms. The number of benzene rings is 1. The Labute approximate surface area is 177 Å². The molecule has 0 aliphatic heterocycles. The molecular weight excluding hydrogens is 416 g/mol.